The molecule has 1 amide bonds. The topological polar surface area (TPSA) is 32.3 Å². The lowest BCUT2D eigenvalue weighted by Gasteiger charge is -2.20. The first kappa shape index (κ1) is 12.6. The van der Waals surface area contributed by atoms with Crippen molar-refractivity contribution in [2.75, 3.05) is 13.1 Å². The predicted molar refractivity (Wildman–Crippen MR) is 77.2 cm³/mol. The Kier molecular flexibility index (Phi) is 3.47. The van der Waals surface area contributed by atoms with Crippen molar-refractivity contribution in [2.24, 2.45) is 0 Å². The summed E-state index contributed by atoms with van der Waals surface area (Å²) in [4.78, 5) is 15.5. The van der Waals surface area contributed by atoms with Gasteiger partial charge in [0, 0.05) is 18.6 Å². The van der Waals surface area contributed by atoms with Crippen LogP contribution >= 0.6 is 27.3 Å². The number of hydrogen-bond acceptors (Lipinski definition) is 3. The highest BCUT2D eigenvalue weighted by molar-refractivity contribution is 9.11. The highest BCUT2D eigenvalue weighted by Crippen LogP contribution is 2.30. The first-order valence-electron chi connectivity index (χ1n) is 6.46. The van der Waals surface area contributed by atoms with Crippen molar-refractivity contribution >= 4 is 33.2 Å². The van der Waals surface area contributed by atoms with E-state index in [1.807, 2.05) is 13.0 Å². The third kappa shape index (κ3) is 2.24. The van der Waals surface area contributed by atoms with E-state index in [4.69, 9.17) is 0 Å². The third-order valence-electron chi connectivity index (χ3n) is 4.00. The molecule has 1 aromatic heterocycles. The zero-order valence-electron chi connectivity index (χ0n) is 10.4. The number of fused-ring (bicyclic) bond motifs is 1. The standard InChI is InChI=1S/C13H17BrN2OS/c1-8-7-11(18-12(8)14)13(17)15-9-4-6-16-5-2-3-10(9)16/h7,9-10H,2-6H2,1H3,(H,15,17). The average Bonchev–Trinajstić information content (AvgIpc) is 2.99. The first-order valence-corrected chi connectivity index (χ1v) is 8.07. The lowest BCUT2D eigenvalue weighted by molar-refractivity contribution is 0.0933. The maximum Gasteiger partial charge on any atom is 0.261 e. The van der Waals surface area contributed by atoms with Gasteiger partial charge in [0.15, 0.2) is 0 Å². The molecule has 0 radical (unpaired) electrons. The van der Waals surface area contributed by atoms with Crippen LogP contribution in [0.25, 0.3) is 0 Å². The molecule has 2 atom stereocenters. The largest absolute Gasteiger partial charge is 0.347 e. The van der Waals surface area contributed by atoms with Crippen molar-refractivity contribution in [3.8, 4) is 0 Å². The predicted octanol–water partition coefficient (Wildman–Crippen LogP) is 2.79. The van der Waals surface area contributed by atoms with E-state index in [1.165, 1.54) is 30.7 Å². The second-order valence-electron chi connectivity index (χ2n) is 5.18. The Balaban J connectivity index is 1.67. The van der Waals surface area contributed by atoms with Crippen LogP contribution in [0.15, 0.2) is 9.85 Å². The van der Waals surface area contributed by atoms with E-state index >= 15 is 0 Å². The molecular weight excluding hydrogens is 312 g/mol. The molecule has 98 valence electrons. The molecular formula is C13H17BrN2OS. The lowest BCUT2D eigenvalue weighted by Crippen LogP contribution is -2.42. The van der Waals surface area contributed by atoms with E-state index in [-0.39, 0.29) is 5.91 Å². The van der Waals surface area contributed by atoms with Gasteiger partial charge in [0.1, 0.15) is 0 Å². The Morgan fingerprint density at radius 1 is 1.50 bits per heavy atom. The van der Waals surface area contributed by atoms with Crippen LogP contribution in [0.5, 0.6) is 0 Å². The van der Waals surface area contributed by atoms with Gasteiger partial charge in [-0.1, -0.05) is 0 Å². The number of nitrogens with zero attached hydrogens (tertiary/aromatic N) is 1. The summed E-state index contributed by atoms with van der Waals surface area (Å²) >= 11 is 4.99. The zero-order chi connectivity index (χ0) is 12.7. The second-order valence-corrected chi connectivity index (χ2v) is 7.55. The maximum absolute atomic E-state index is 12.2. The molecule has 0 spiro atoms. The normalized spacial score (nSPS) is 27.4. The Hall–Kier alpha value is -0.390. The van der Waals surface area contributed by atoms with Gasteiger partial charge < -0.3 is 5.32 Å². The summed E-state index contributed by atoms with van der Waals surface area (Å²) in [5.41, 5.74) is 1.14. The number of rotatable bonds is 2. The average molecular weight is 329 g/mol. The van der Waals surface area contributed by atoms with Crippen LogP contribution in [0.1, 0.15) is 34.5 Å². The minimum absolute atomic E-state index is 0.0903. The summed E-state index contributed by atoms with van der Waals surface area (Å²) < 4.78 is 1.06. The Labute approximate surface area is 120 Å². The molecule has 2 saturated heterocycles. The highest BCUT2D eigenvalue weighted by atomic mass is 79.9. The summed E-state index contributed by atoms with van der Waals surface area (Å²) in [6.07, 6.45) is 3.61. The first-order chi connectivity index (χ1) is 8.65. The Bertz CT molecular complexity index is 454. The Morgan fingerprint density at radius 2 is 2.33 bits per heavy atom. The number of amides is 1. The van der Waals surface area contributed by atoms with E-state index in [0.29, 0.717) is 12.1 Å². The molecule has 3 nitrogen and oxygen atoms in total. The van der Waals surface area contributed by atoms with Gasteiger partial charge in [0.2, 0.25) is 0 Å². The van der Waals surface area contributed by atoms with E-state index < -0.39 is 0 Å². The number of thiophene rings is 1. The van der Waals surface area contributed by atoms with Crippen LogP contribution < -0.4 is 5.32 Å². The van der Waals surface area contributed by atoms with Crippen molar-refractivity contribution in [1.82, 2.24) is 10.2 Å². The quantitative estimate of drug-likeness (QED) is 0.905. The highest BCUT2D eigenvalue weighted by Gasteiger charge is 2.37. The molecule has 3 rings (SSSR count). The van der Waals surface area contributed by atoms with Crippen LogP contribution in [-0.4, -0.2) is 36.0 Å². The van der Waals surface area contributed by atoms with Crippen LogP contribution in [0.2, 0.25) is 0 Å². The van der Waals surface area contributed by atoms with Crippen molar-refractivity contribution in [3.05, 3.63) is 20.3 Å². The van der Waals surface area contributed by atoms with Gasteiger partial charge in [-0.25, -0.2) is 0 Å². The van der Waals surface area contributed by atoms with E-state index in [0.717, 1.165) is 27.2 Å². The minimum Gasteiger partial charge on any atom is -0.347 e. The Morgan fingerprint density at radius 3 is 3.06 bits per heavy atom. The molecule has 18 heavy (non-hydrogen) atoms. The van der Waals surface area contributed by atoms with E-state index in [1.54, 1.807) is 0 Å². The SMILES string of the molecule is Cc1cc(C(=O)NC2CCN3CCCC23)sc1Br. The second kappa shape index (κ2) is 4.94. The summed E-state index contributed by atoms with van der Waals surface area (Å²) in [7, 11) is 0. The smallest absolute Gasteiger partial charge is 0.261 e. The summed E-state index contributed by atoms with van der Waals surface area (Å²) in [5.74, 6) is 0.0903. The minimum atomic E-state index is 0.0903. The summed E-state index contributed by atoms with van der Waals surface area (Å²) in [6.45, 7) is 4.37. The van der Waals surface area contributed by atoms with Crippen molar-refractivity contribution in [1.29, 1.82) is 0 Å². The van der Waals surface area contributed by atoms with E-state index in [2.05, 4.69) is 26.1 Å². The third-order valence-corrected chi connectivity index (χ3v) is 6.14. The van der Waals surface area contributed by atoms with Crippen molar-refractivity contribution < 1.29 is 4.79 Å². The molecule has 3 heterocycles. The van der Waals surface area contributed by atoms with Crippen LogP contribution in [0, 0.1) is 6.92 Å². The molecule has 0 bridgehead atoms. The molecule has 0 saturated carbocycles. The van der Waals surface area contributed by atoms with Crippen LogP contribution in [0.3, 0.4) is 0 Å². The number of aryl methyl sites for hydroxylation is 1. The molecule has 5 heteroatoms. The fourth-order valence-corrected chi connectivity index (χ4v) is 4.50. The van der Waals surface area contributed by atoms with Gasteiger partial charge in [-0.05, 0) is 60.3 Å². The zero-order valence-corrected chi connectivity index (χ0v) is 12.8. The van der Waals surface area contributed by atoms with E-state index in [9.17, 15) is 4.79 Å². The van der Waals surface area contributed by atoms with Gasteiger partial charge >= 0.3 is 0 Å². The molecule has 2 aliphatic rings. The van der Waals surface area contributed by atoms with Crippen molar-refractivity contribution in [2.45, 2.75) is 38.3 Å². The molecule has 0 aromatic carbocycles. The lowest BCUT2D eigenvalue weighted by atomic mass is 10.1. The molecule has 1 aromatic rings. The molecule has 2 fully saturated rings. The monoisotopic (exact) mass is 328 g/mol. The molecule has 2 aliphatic heterocycles. The van der Waals surface area contributed by atoms with Gasteiger partial charge in [-0.2, -0.15) is 0 Å². The number of nitrogens with one attached hydrogen (secondary N) is 1. The maximum atomic E-state index is 12.2. The number of carbonyl (C=O) groups is 1. The number of carbonyl (C=O) groups excluding carboxylic acids is 1. The molecule has 0 aliphatic carbocycles. The fourth-order valence-electron chi connectivity index (χ4n) is 3.06. The molecule has 1 N–H and O–H groups in total. The van der Waals surface area contributed by atoms with Gasteiger partial charge in [0.25, 0.3) is 5.91 Å². The summed E-state index contributed by atoms with van der Waals surface area (Å²) in [6, 6.07) is 2.89. The number of hydrogen-bond donors (Lipinski definition) is 1. The summed E-state index contributed by atoms with van der Waals surface area (Å²) in [5, 5.41) is 3.22. The fraction of sp³-hybridized carbons (Fsp3) is 0.615. The van der Waals surface area contributed by atoms with Gasteiger partial charge in [-0.15, -0.1) is 11.3 Å². The van der Waals surface area contributed by atoms with Gasteiger partial charge in [0.05, 0.1) is 8.66 Å². The molecule has 2 unspecified atom stereocenters. The number of halogens is 1. The van der Waals surface area contributed by atoms with Crippen molar-refractivity contribution in [3.63, 3.8) is 0 Å². The van der Waals surface area contributed by atoms with Crippen LogP contribution in [-0.2, 0) is 0 Å². The van der Waals surface area contributed by atoms with Crippen LogP contribution in [0.4, 0.5) is 0 Å². The van der Waals surface area contributed by atoms with Gasteiger partial charge in [-0.3, -0.25) is 9.69 Å².